The van der Waals surface area contributed by atoms with Crippen LogP contribution in [0.25, 0.3) is 0 Å². The van der Waals surface area contributed by atoms with Gasteiger partial charge in [0.25, 0.3) is 0 Å². The van der Waals surface area contributed by atoms with Crippen LogP contribution in [0.5, 0.6) is 0 Å². The second-order valence-electron chi connectivity index (χ2n) is 2.15. The zero-order chi connectivity index (χ0) is 11.2. The lowest BCUT2D eigenvalue weighted by Gasteiger charge is -2.28. The summed E-state index contributed by atoms with van der Waals surface area (Å²) in [5.41, 5.74) is 0. The summed E-state index contributed by atoms with van der Waals surface area (Å²) in [5, 5.41) is 0. The minimum atomic E-state index is -3.71. The monoisotopic (exact) mass is 244 g/mol. The van der Waals surface area contributed by atoms with Crippen molar-refractivity contribution in [3.63, 3.8) is 0 Å². The Morgan fingerprint density at radius 1 is 0.714 bits per heavy atom. The van der Waals surface area contributed by atoms with Gasteiger partial charge in [-0.2, -0.15) is 0 Å². The number of hydrogen-bond donors (Lipinski definition) is 1. The van der Waals surface area contributed by atoms with E-state index in [0.29, 0.717) is 0 Å². The van der Waals surface area contributed by atoms with Crippen molar-refractivity contribution in [3.8, 4) is 0 Å². The standard InChI is InChI=1S/C5H16O7Si2/c1-7-13(6,8-2)12-14(9-3,10-4)11-5/h6H,1-5H3. The highest BCUT2D eigenvalue weighted by Gasteiger charge is 2.55. The van der Waals surface area contributed by atoms with Crippen LogP contribution in [0.15, 0.2) is 0 Å². The van der Waals surface area contributed by atoms with Crippen molar-refractivity contribution in [3.05, 3.63) is 0 Å². The molecule has 0 aliphatic heterocycles. The SMILES string of the molecule is CO[Si](O)(OC)O[Si](OC)(OC)OC. The number of rotatable bonds is 7. The summed E-state index contributed by atoms with van der Waals surface area (Å²) in [4.78, 5) is 9.62. The summed E-state index contributed by atoms with van der Waals surface area (Å²) in [6, 6.07) is 0. The fourth-order valence-electron chi connectivity index (χ4n) is 0.700. The quantitative estimate of drug-likeness (QED) is 0.582. The lowest BCUT2D eigenvalue weighted by Crippen LogP contribution is -2.58. The first-order valence-corrected chi connectivity index (χ1v) is 7.00. The third-order valence-corrected chi connectivity index (χ3v) is 6.08. The maximum Gasteiger partial charge on any atom is 0.673 e. The largest absolute Gasteiger partial charge is 0.673 e. The van der Waals surface area contributed by atoms with Crippen LogP contribution >= 0.6 is 0 Å². The maximum atomic E-state index is 9.62. The summed E-state index contributed by atoms with van der Waals surface area (Å²) in [6.45, 7) is 0. The van der Waals surface area contributed by atoms with Gasteiger partial charge in [0.2, 0.25) is 0 Å². The van der Waals surface area contributed by atoms with Gasteiger partial charge in [-0.1, -0.05) is 0 Å². The molecule has 14 heavy (non-hydrogen) atoms. The zero-order valence-corrected chi connectivity index (χ0v) is 10.9. The molecule has 0 aromatic carbocycles. The van der Waals surface area contributed by atoms with Crippen LogP contribution in [0, 0.1) is 0 Å². The summed E-state index contributed by atoms with van der Waals surface area (Å²) in [5.74, 6) is 0. The van der Waals surface area contributed by atoms with E-state index in [1.54, 1.807) is 0 Å². The third-order valence-electron chi connectivity index (χ3n) is 1.52. The van der Waals surface area contributed by atoms with Crippen LogP contribution in [0.3, 0.4) is 0 Å². The molecule has 0 spiro atoms. The highest BCUT2D eigenvalue weighted by atomic mass is 28.5. The Morgan fingerprint density at radius 2 is 1.07 bits per heavy atom. The second-order valence-corrected chi connectivity index (χ2v) is 7.05. The first-order chi connectivity index (χ1) is 6.51. The predicted octanol–water partition coefficient (Wildman–Crippen LogP) is -0.901. The molecule has 0 radical (unpaired) electrons. The molecule has 0 aromatic rings. The molecule has 0 rings (SSSR count). The van der Waals surface area contributed by atoms with Gasteiger partial charge in [-0.25, -0.2) is 0 Å². The van der Waals surface area contributed by atoms with Crippen molar-refractivity contribution in [2.24, 2.45) is 0 Å². The fraction of sp³-hybridized carbons (Fsp3) is 1.00. The minimum absolute atomic E-state index is 1.26. The molecular formula is C5H16O7Si2. The first kappa shape index (κ1) is 14.2. The van der Waals surface area contributed by atoms with E-state index in [4.69, 9.17) is 26.2 Å². The van der Waals surface area contributed by atoms with Gasteiger partial charge in [-0.15, -0.1) is 0 Å². The van der Waals surface area contributed by atoms with Gasteiger partial charge >= 0.3 is 18.1 Å². The lowest BCUT2D eigenvalue weighted by atomic mass is 11.8. The smallest absolute Gasteiger partial charge is 0.368 e. The Hall–Kier alpha value is 0.154. The summed E-state index contributed by atoms with van der Waals surface area (Å²) in [7, 11) is -0.483. The van der Waals surface area contributed by atoms with Gasteiger partial charge in [0.15, 0.2) is 0 Å². The normalized spacial score (nSPS) is 13.3. The molecule has 0 aliphatic carbocycles. The molecule has 0 saturated carbocycles. The Kier molecular flexibility index (Phi) is 5.96. The van der Waals surface area contributed by atoms with E-state index in [2.05, 4.69) is 0 Å². The summed E-state index contributed by atoms with van der Waals surface area (Å²) >= 11 is 0. The molecule has 86 valence electrons. The van der Waals surface area contributed by atoms with Crippen LogP contribution < -0.4 is 0 Å². The molecule has 0 fully saturated rings. The maximum absolute atomic E-state index is 9.62. The van der Waals surface area contributed by atoms with E-state index in [1.807, 2.05) is 0 Å². The molecule has 0 bridgehead atoms. The molecule has 0 amide bonds. The minimum Gasteiger partial charge on any atom is -0.368 e. The van der Waals surface area contributed by atoms with Gasteiger partial charge in [0.1, 0.15) is 0 Å². The Morgan fingerprint density at radius 3 is 1.29 bits per heavy atom. The fourth-order valence-corrected chi connectivity index (χ4v) is 4.30. The van der Waals surface area contributed by atoms with Gasteiger partial charge in [-0.05, 0) is 0 Å². The van der Waals surface area contributed by atoms with E-state index in [9.17, 15) is 4.80 Å². The molecule has 1 N–H and O–H groups in total. The average molecular weight is 244 g/mol. The highest BCUT2D eigenvalue weighted by molar-refractivity contribution is 6.67. The Balaban J connectivity index is 4.56. The van der Waals surface area contributed by atoms with E-state index >= 15 is 0 Å². The van der Waals surface area contributed by atoms with Crippen LogP contribution in [-0.2, 0) is 26.2 Å². The van der Waals surface area contributed by atoms with Gasteiger partial charge in [0.05, 0.1) is 0 Å². The van der Waals surface area contributed by atoms with Gasteiger partial charge in [0, 0.05) is 35.5 Å². The molecule has 0 heterocycles. The van der Waals surface area contributed by atoms with Crippen molar-refractivity contribution in [2.75, 3.05) is 35.5 Å². The predicted molar refractivity (Wildman–Crippen MR) is 49.9 cm³/mol. The molecule has 0 aliphatic rings. The Bertz CT molecular complexity index is 150. The Labute approximate surface area is 85.4 Å². The molecule has 7 nitrogen and oxygen atoms in total. The van der Waals surface area contributed by atoms with Crippen molar-refractivity contribution in [1.82, 2.24) is 0 Å². The van der Waals surface area contributed by atoms with Crippen molar-refractivity contribution in [2.45, 2.75) is 0 Å². The van der Waals surface area contributed by atoms with Gasteiger partial charge in [-0.3, -0.25) is 0 Å². The van der Waals surface area contributed by atoms with Crippen LogP contribution in [-0.4, -0.2) is 58.4 Å². The molecular weight excluding hydrogens is 228 g/mol. The van der Waals surface area contributed by atoms with Gasteiger partial charge < -0.3 is 31.0 Å². The van der Waals surface area contributed by atoms with E-state index in [-0.39, 0.29) is 0 Å². The van der Waals surface area contributed by atoms with Crippen molar-refractivity contribution in [1.29, 1.82) is 0 Å². The molecule has 9 heteroatoms. The average Bonchev–Trinajstić information content (AvgIpc) is 2.26. The number of hydrogen-bond acceptors (Lipinski definition) is 7. The molecule has 0 saturated heterocycles. The summed E-state index contributed by atoms with van der Waals surface area (Å²) in [6.07, 6.45) is 0. The highest BCUT2D eigenvalue weighted by Crippen LogP contribution is 2.15. The lowest BCUT2D eigenvalue weighted by molar-refractivity contribution is -0.0165. The topological polar surface area (TPSA) is 75.6 Å². The first-order valence-electron chi connectivity index (χ1n) is 3.69. The molecule has 0 atom stereocenters. The third kappa shape index (κ3) is 3.38. The van der Waals surface area contributed by atoms with Crippen LogP contribution in [0.1, 0.15) is 0 Å². The van der Waals surface area contributed by atoms with E-state index in [0.717, 1.165) is 0 Å². The van der Waals surface area contributed by atoms with E-state index in [1.165, 1.54) is 35.5 Å². The van der Waals surface area contributed by atoms with Crippen LogP contribution in [0.2, 0.25) is 0 Å². The van der Waals surface area contributed by atoms with E-state index < -0.39 is 18.1 Å². The molecule has 0 aromatic heterocycles. The van der Waals surface area contributed by atoms with Crippen LogP contribution in [0.4, 0.5) is 0 Å². The second kappa shape index (κ2) is 5.90. The summed E-state index contributed by atoms with van der Waals surface area (Å²) < 4.78 is 29.2. The molecule has 0 unspecified atom stereocenters. The zero-order valence-electron chi connectivity index (χ0n) is 8.90. The van der Waals surface area contributed by atoms with Crippen molar-refractivity contribution >= 4 is 18.1 Å². The van der Waals surface area contributed by atoms with Crippen molar-refractivity contribution < 1.29 is 31.0 Å².